The largest absolute Gasteiger partial charge is 0.465 e. The molecule has 0 radical (unpaired) electrons. The van der Waals surface area contributed by atoms with Gasteiger partial charge in [-0.15, -0.1) is 0 Å². The van der Waals surface area contributed by atoms with E-state index in [0.29, 0.717) is 25.7 Å². The Morgan fingerprint density at radius 1 is 1.28 bits per heavy atom. The van der Waals surface area contributed by atoms with E-state index in [1.165, 1.54) is 19.3 Å². The van der Waals surface area contributed by atoms with Gasteiger partial charge in [0.15, 0.2) is 0 Å². The summed E-state index contributed by atoms with van der Waals surface area (Å²) in [6.45, 7) is 4.63. The van der Waals surface area contributed by atoms with Gasteiger partial charge in [0.05, 0.1) is 13.2 Å². The van der Waals surface area contributed by atoms with Crippen LogP contribution in [0.4, 0.5) is 0 Å². The van der Waals surface area contributed by atoms with Gasteiger partial charge >= 0.3 is 5.97 Å². The van der Waals surface area contributed by atoms with Crippen LogP contribution in [0.2, 0.25) is 0 Å². The van der Waals surface area contributed by atoms with Crippen LogP contribution in [0.1, 0.15) is 52.4 Å². The van der Waals surface area contributed by atoms with Gasteiger partial charge in [0.2, 0.25) is 0 Å². The van der Waals surface area contributed by atoms with Gasteiger partial charge in [0, 0.05) is 13.2 Å². The molecular weight excluding hydrogens is 230 g/mol. The SMILES string of the molecule is CCOC(=O)C(CC)(COC)NC1CCCCC1. The fraction of sp³-hybridized carbons (Fsp3) is 0.929. The maximum absolute atomic E-state index is 12.2. The summed E-state index contributed by atoms with van der Waals surface area (Å²) < 4.78 is 10.5. The molecule has 1 atom stereocenters. The third-order valence-electron chi connectivity index (χ3n) is 3.75. The van der Waals surface area contributed by atoms with Gasteiger partial charge in [-0.1, -0.05) is 26.2 Å². The monoisotopic (exact) mass is 257 g/mol. The summed E-state index contributed by atoms with van der Waals surface area (Å²) in [7, 11) is 1.63. The van der Waals surface area contributed by atoms with Crippen LogP contribution in [-0.2, 0) is 14.3 Å². The van der Waals surface area contributed by atoms with Gasteiger partial charge in [-0.05, 0) is 26.2 Å². The summed E-state index contributed by atoms with van der Waals surface area (Å²) in [5, 5.41) is 3.51. The molecule has 1 aliphatic carbocycles. The molecule has 0 aromatic rings. The summed E-state index contributed by atoms with van der Waals surface area (Å²) in [6, 6.07) is 0.415. The van der Waals surface area contributed by atoms with Crippen LogP contribution in [0.5, 0.6) is 0 Å². The number of hydrogen-bond donors (Lipinski definition) is 1. The summed E-state index contributed by atoms with van der Waals surface area (Å²) >= 11 is 0. The lowest BCUT2D eigenvalue weighted by Crippen LogP contribution is -2.59. The molecule has 4 nitrogen and oxygen atoms in total. The van der Waals surface area contributed by atoms with Crippen LogP contribution in [-0.4, -0.2) is 37.9 Å². The molecule has 18 heavy (non-hydrogen) atoms. The zero-order valence-corrected chi connectivity index (χ0v) is 12.0. The maximum atomic E-state index is 12.2. The first-order chi connectivity index (χ1) is 8.68. The Hall–Kier alpha value is -0.610. The Morgan fingerprint density at radius 3 is 2.44 bits per heavy atom. The number of ether oxygens (including phenoxy) is 2. The maximum Gasteiger partial charge on any atom is 0.328 e. The predicted octanol–water partition coefficient (Wildman–Crippen LogP) is 2.27. The molecule has 1 unspecified atom stereocenters. The number of hydrogen-bond acceptors (Lipinski definition) is 4. The highest BCUT2D eigenvalue weighted by Gasteiger charge is 2.40. The van der Waals surface area contributed by atoms with Crippen molar-refractivity contribution in [2.24, 2.45) is 0 Å². The second-order valence-electron chi connectivity index (χ2n) is 5.07. The molecule has 0 heterocycles. The third kappa shape index (κ3) is 3.95. The van der Waals surface area contributed by atoms with Crippen molar-refractivity contribution in [2.45, 2.75) is 64.0 Å². The molecule has 1 rings (SSSR count). The van der Waals surface area contributed by atoms with Crippen molar-refractivity contribution in [2.75, 3.05) is 20.3 Å². The lowest BCUT2D eigenvalue weighted by molar-refractivity contribution is -0.154. The minimum Gasteiger partial charge on any atom is -0.465 e. The molecule has 0 spiro atoms. The Bertz CT molecular complexity index is 251. The second kappa shape index (κ2) is 7.74. The van der Waals surface area contributed by atoms with E-state index < -0.39 is 5.54 Å². The molecule has 0 aliphatic heterocycles. The highest BCUT2D eigenvalue weighted by Crippen LogP contribution is 2.22. The van der Waals surface area contributed by atoms with E-state index in [4.69, 9.17) is 9.47 Å². The van der Waals surface area contributed by atoms with Crippen molar-refractivity contribution in [3.8, 4) is 0 Å². The van der Waals surface area contributed by atoms with Gasteiger partial charge in [0.1, 0.15) is 5.54 Å². The highest BCUT2D eigenvalue weighted by atomic mass is 16.5. The average Bonchev–Trinajstić information content (AvgIpc) is 2.39. The van der Waals surface area contributed by atoms with Crippen LogP contribution < -0.4 is 5.32 Å². The van der Waals surface area contributed by atoms with Crippen molar-refractivity contribution in [1.82, 2.24) is 5.32 Å². The van der Waals surface area contributed by atoms with E-state index in [2.05, 4.69) is 5.32 Å². The molecule has 0 saturated heterocycles. The van der Waals surface area contributed by atoms with Crippen molar-refractivity contribution in [3.05, 3.63) is 0 Å². The van der Waals surface area contributed by atoms with Gasteiger partial charge in [-0.3, -0.25) is 5.32 Å². The van der Waals surface area contributed by atoms with Gasteiger partial charge < -0.3 is 9.47 Å². The van der Waals surface area contributed by atoms with Gasteiger partial charge in [-0.2, -0.15) is 0 Å². The Labute approximate surface area is 110 Å². The standard InChI is InChI=1S/C14H27NO3/c1-4-14(11-17-3,13(16)18-5-2)15-12-9-7-6-8-10-12/h12,15H,4-11H2,1-3H3. The Kier molecular flexibility index (Phi) is 6.65. The molecule has 0 aromatic carbocycles. The highest BCUT2D eigenvalue weighted by molar-refractivity contribution is 5.81. The van der Waals surface area contributed by atoms with Gasteiger partial charge in [0.25, 0.3) is 0 Å². The predicted molar refractivity (Wildman–Crippen MR) is 71.5 cm³/mol. The first kappa shape index (κ1) is 15.4. The first-order valence-electron chi connectivity index (χ1n) is 7.12. The Balaban J connectivity index is 2.70. The van der Waals surface area contributed by atoms with Crippen LogP contribution in [0.25, 0.3) is 0 Å². The molecule has 0 bridgehead atoms. The summed E-state index contributed by atoms with van der Waals surface area (Å²) in [5.74, 6) is -0.181. The number of carbonyl (C=O) groups excluding carboxylic acids is 1. The lowest BCUT2D eigenvalue weighted by atomic mass is 9.90. The number of esters is 1. The zero-order chi connectivity index (χ0) is 13.4. The van der Waals surface area contributed by atoms with E-state index in [1.54, 1.807) is 7.11 Å². The number of methoxy groups -OCH3 is 1. The van der Waals surface area contributed by atoms with E-state index in [9.17, 15) is 4.79 Å². The molecular formula is C14H27NO3. The molecule has 1 N–H and O–H groups in total. The fourth-order valence-corrected chi connectivity index (χ4v) is 2.66. The van der Waals surface area contributed by atoms with Crippen LogP contribution in [0, 0.1) is 0 Å². The van der Waals surface area contributed by atoms with E-state index in [-0.39, 0.29) is 5.97 Å². The van der Waals surface area contributed by atoms with Crippen LogP contribution in [0.3, 0.4) is 0 Å². The number of carbonyl (C=O) groups is 1. The van der Waals surface area contributed by atoms with Crippen LogP contribution in [0.15, 0.2) is 0 Å². The first-order valence-corrected chi connectivity index (χ1v) is 7.12. The Morgan fingerprint density at radius 2 is 1.94 bits per heavy atom. The second-order valence-corrected chi connectivity index (χ2v) is 5.07. The fourth-order valence-electron chi connectivity index (χ4n) is 2.66. The zero-order valence-electron chi connectivity index (χ0n) is 12.0. The van der Waals surface area contributed by atoms with Crippen molar-refractivity contribution in [3.63, 3.8) is 0 Å². The minimum atomic E-state index is -0.674. The summed E-state index contributed by atoms with van der Waals surface area (Å²) in [4.78, 5) is 12.2. The molecule has 106 valence electrons. The van der Waals surface area contributed by atoms with Crippen molar-refractivity contribution in [1.29, 1.82) is 0 Å². The average molecular weight is 257 g/mol. The van der Waals surface area contributed by atoms with E-state index in [0.717, 1.165) is 12.8 Å². The van der Waals surface area contributed by atoms with Gasteiger partial charge in [-0.25, -0.2) is 4.79 Å². The molecule has 1 saturated carbocycles. The normalized spacial score (nSPS) is 20.4. The third-order valence-corrected chi connectivity index (χ3v) is 3.75. The summed E-state index contributed by atoms with van der Waals surface area (Å²) in [6.07, 6.45) is 6.77. The minimum absolute atomic E-state index is 0.181. The lowest BCUT2D eigenvalue weighted by Gasteiger charge is -2.36. The van der Waals surface area contributed by atoms with Crippen molar-refractivity contribution >= 4 is 5.97 Å². The van der Waals surface area contributed by atoms with E-state index >= 15 is 0 Å². The molecule has 0 amide bonds. The molecule has 0 aromatic heterocycles. The topological polar surface area (TPSA) is 47.6 Å². The number of rotatable bonds is 7. The van der Waals surface area contributed by atoms with Crippen molar-refractivity contribution < 1.29 is 14.3 Å². The number of nitrogens with one attached hydrogen (secondary N) is 1. The smallest absolute Gasteiger partial charge is 0.328 e. The molecule has 4 heteroatoms. The summed E-state index contributed by atoms with van der Waals surface area (Å²) in [5.41, 5.74) is -0.674. The molecule has 1 fully saturated rings. The quantitative estimate of drug-likeness (QED) is 0.711. The molecule has 1 aliphatic rings. The van der Waals surface area contributed by atoms with E-state index in [1.807, 2.05) is 13.8 Å². The van der Waals surface area contributed by atoms with Crippen LogP contribution >= 0.6 is 0 Å².